The molecule has 1 aliphatic heterocycles. The number of rotatable bonds is 7. The van der Waals surface area contributed by atoms with Crippen LogP contribution >= 0.6 is 0 Å². The molecular weight excluding hydrogens is 406 g/mol. The molecule has 4 rings (SSSR count). The Labute approximate surface area is 191 Å². The van der Waals surface area contributed by atoms with E-state index < -0.39 is 11.6 Å². The molecule has 1 heterocycles. The molecule has 0 N–H and O–H groups in total. The molecule has 1 saturated heterocycles. The molecule has 2 fully saturated rings. The van der Waals surface area contributed by atoms with Gasteiger partial charge in [-0.1, -0.05) is 69.7 Å². The molecule has 0 atom stereocenters. The fourth-order valence-electron chi connectivity index (χ4n) is 5.26. The summed E-state index contributed by atoms with van der Waals surface area (Å²) >= 11 is 0. The zero-order chi connectivity index (χ0) is 22.5. The highest BCUT2D eigenvalue weighted by Gasteiger charge is 2.32. The van der Waals surface area contributed by atoms with Crippen LogP contribution in [0.4, 0.5) is 8.78 Å². The van der Waals surface area contributed by atoms with Gasteiger partial charge in [0.25, 0.3) is 0 Å². The minimum absolute atomic E-state index is 0.0499. The summed E-state index contributed by atoms with van der Waals surface area (Å²) in [7, 11) is 0. The Morgan fingerprint density at radius 2 is 1.44 bits per heavy atom. The summed E-state index contributed by atoms with van der Waals surface area (Å²) in [4.78, 5) is 0. The third-order valence-electron chi connectivity index (χ3n) is 7.49. The van der Waals surface area contributed by atoms with E-state index in [1.54, 1.807) is 0 Å². The minimum Gasteiger partial charge on any atom is -0.348 e. The third kappa shape index (κ3) is 5.58. The van der Waals surface area contributed by atoms with Crippen molar-refractivity contribution in [3.63, 3.8) is 0 Å². The Morgan fingerprint density at radius 3 is 2.03 bits per heavy atom. The van der Waals surface area contributed by atoms with E-state index in [9.17, 15) is 8.78 Å². The van der Waals surface area contributed by atoms with Crippen LogP contribution in [0.15, 0.2) is 36.4 Å². The van der Waals surface area contributed by atoms with Crippen molar-refractivity contribution in [1.29, 1.82) is 0 Å². The number of unbranched alkanes of at least 4 members (excludes halogenated alkanes) is 2. The molecule has 0 amide bonds. The molecule has 0 unspecified atom stereocenters. The van der Waals surface area contributed by atoms with Gasteiger partial charge in [0, 0.05) is 17.0 Å². The van der Waals surface area contributed by atoms with E-state index in [2.05, 4.69) is 6.92 Å². The van der Waals surface area contributed by atoms with Gasteiger partial charge >= 0.3 is 0 Å². The van der Waals surface area contributed by atoms with Crippen molar-refractivity contribution < 1.29 is 18.3 Å². The highest BCUT2D eigenvalue weighted by atomic mass is 19.1. The monoisotopic (exact) mass is 442 g/mol. The average molecular weight is 443 g/mol. The lowest BCUT2D eigenvalue weighted by Crippen LogP contribution is -2.34. The predicted octanol–water partition coefficient (Wildman–Crippen LogP) is 7.99. The van der Waals surface area contributed by atoms with Crippen LogP contribution in [0.2, 0.25) is 0 Å². The Balaban J connectivity index is 1.28. The maximum absolute atomic E-state index is 13.9. The van der Waals surface area contributed by atoms with Gasteiger partial charge in [-0.15, -0.1) is 0 Å². The highest BCUT2D eigenvalue weighted by Crippen LogP contribution is 2.39. The largest absolute Gasteiger partial charge is 0.348 e. The molecule has 2 aliphatic rings. The van der Waals surface area contributed by atoms with Crippen molar-refractivity contribution in [2.75, 3.05) is 13.2 Å². The number of hydrogen-bond donors (Lipinski definition) is 0. The van der Waals surface area contributed by atoms with E-state index >= 15 is 0 Å². The van der Waals surface area contributed by atoms with Crippen molar-refractivity contribution in [2.45, 2.75) is 71.5 Å². The quantitative estimate of drug-likeness (QED) is 0.405. The van der Waals surface area contributed by atoms with Crippen molar-refractivity contribution in [3.8, 4) is 11.1 Å². The Hall–Kier alpha value is -1.78. The van der Waals surface area contributed by atoms with Gasteiger partial charge in [-0.2, -0.15) is 0 Å². The number of halogens is 2. The number of hydrogen-bond acceptors (Lipinski definition) is 2. The second-order valence-electron chi connectivity index (χ2n) is 9.72. The van der Waals surface area contributed by atoms with Crippen molar-refractivity contribution in [1.82, 2.24) is 0 Å². The van der Waals surface area contributed by atoms with Crippen LogP contribution in [0.25, 0.3) is 11.1 Å². The van der Waals surface area contributed by atoms with Crippen LogP contribution in [-0.2, 0) is 9.47 Å². The molecule has 1 saturated carbocycles. The topological polar surface area (TPSA) is 18.5 Å². The van der Waals surface area contributed by atoms with Gasteiger partial charge in [-0.25, -0.2) is 8.78 Å². The summed E-state index contributed by atoms with van der Waals surface area (Å²) in [5, 5.41) is 0. The van der Waals surface area contributed by atoms with Crippen molar-refractivity contribution in [3.05, 3.63) is 59.2 Å². The zero-order valence-corrected chi connectivity index (χ0v) is 19.4. The molecule has 0 spiro atoms. The van der Waals surface area contributed by atoms with Gasteiger partial charge < -0.3 is 9.47 Å². The standard InChI is InChI=1S/C28H36F2O2/c1-3-4-5-6-20-7-9-22(10-8-20)25-17-31-28(32-18-25)23-13-11-21(12-14-23)24-15-26(29)19(2)27(30)16-24/h11-16,20,22,25,28H,3-10,17-18H2,1-2H3. The lowest BCUT2D eigenvalue weighted by Gasteiger charge is -2.38. The van der Waals surface area contributed by atoms with E-state index in [1.807, 2.05) is 24.3 Å². The summed E-state index contributed by atoms with van der Waals surface area (Å²) in [6.45, 7) is 5.20. The van der Waals surface area contributed by atoms with E-state index in [4.69, 9.17) is 9.47 Å². The van der Waals surface area contributed by atoms with Crippen LogP contribution in [-0.4, -0.2) is 13.2 Å². The molecule has 4 heteroatoms. The Kier molecular flexibility index (Phi) is 7.96. The lowest BCUT2D eigenvalue weighted by atomic mass is 9.74. The van der Waals surface area contributed by atoms with E-state index in [-0.39, 0.29) is 11.9 Å². The van der Waals surface area contributed by atoms with Crippen molar-refractivity contribution >= 4 is 0 Å². The molecule has 2 nitrogen and oxygen atoms in total. The molecule has 1 aliphatic carbocycles. The van der Waals surface area contributed by atoms with E-state index in [1.165, 1.54) is 70.4 Å². The van der Waals surface area contributed by atoms with Gasteiger partial charge in [0.05, 0.1) is 13.2 Å². The van der Waals surface area contributed by atoms with Crippen LogP contribution in [0.5, 0.6) is 0 Å². The first kappa shape index (κ1) is 23.4. The van der Waals surface area contributed by atoms with Crippen LogP contribution in [0.1, 0.15) is 75.7 Å². The minimum atomic E-state index is -0.524. The Morgan fingerprint density at radius 1 is 0.812 bits per heavy atom. The summed E-state index contributed by atoms with van der Waals surface area (Å²) in [5.41, 5.74) is 2.30. The number of benzene rings is 2. The molecule has 174 valence electrons. The molecule has 0 bridgehead atoms. The molecule has 32 heavy (non-hydrogen) atoms. The van der Waals surface area contributed by atoms with Crippen LogP contribution in [0, 0.1) is 36.3 Å². The Bertz CT molecular complexity index is 840. The number of ether oxygens (including phenoxy) is 2. The fourth-order valence-corrected chi connectivity index (χ4v) is 5.26. The van der Waals surface area contributed by atoms with Gasteiger partial charge in [0.15, 0.2) is 6.29 Å². The maximum Gasteiger partial charge on any atom is 0.183 e. The van der Waals surface area contributed by atoms with Gasteiger partial charge in [0.1, 0.15) is 11.6 Å². The van der Waals surface area contributed by atoms with Gasteiger partial charge in [-0.3, -0.25) is 0 Å². The van der Waals surface area contributed by atoms with E-state index in [0.717, 1.165) is 30.3 Å². The second kappa shape index (κ2) is 10.9. The van der Waals surface area contributed by atoms with Crippen LogP contribution in [0.3, 0.4) is 0 Å². The van der Waals surface area contributed by atoms with Crippen molar-refractivity contribution in [2.24, 2.45) is 17.8 Å². The second-order valence-corrected chi connectivity index (χ2v) is 9.72. The lowest BCUT2D eigenvalue weighted by molar-refractivity contribution is -0.214. The summed E-state index contributed by atoms with van der Waals surface area (Å²) in [5.74, 6) is 1.07. The SMILES string of the molecule is CCCCCC1CCC(C2COC(c3ccc(-c4cc(F)c(C)c(F)c4)cc3)OC2)CC1. The normalized spacial score (nSPS) is 26.2. The maximum atomic E-state index is 13.9. The predicted molar refractivity (Wildman–Crippen MR) is 124 cm³/mol. The molecule has 2 aromatic rings. The summed E-state index contributed by atoms with van der Waals surface area (Å²) in [6.07, 6.45) is 10.4. The fraction of sp³-hybridized carbons (Fsp3) is 0.571. The zero-order valence-electron chi connectivity index (χ0n) is 19.4. The van der Waals surface area contributed by atoms with Crippen LogP contribution < -0.4 is 0 Å². The first-order valence-corrected chi connectivity index (χ1v) is 12.3. The average Bonchev–Trinajstić information content (AvgIpc) is 2.83. The summed E-state index contributed by atoms with van der Waals surface area (Å²) in [6, 6.07) is 10.4. The van der Waals surface area contributed by atoms with E-state index in [0.29, 0.717) is 17.4 Å². The molecule has 0 aromatic heterocycles. The summed E-state index contributed by atoms with van der Waals surface area (Å²) < 4.78 is 40.0. The first-order chi connectivity index (χ1) is 15.5. The molecule has 2 aromatic carbocycles. The third-order valence-corrected chi connectivity index (χ3v) is 7.49. The smallest absolute Gasteiger partial charge is 0.183 e. The highest BCUT2D eigenvalue weighted by molar-refractivity contribution is 5.64. The first-order valence-electron chi connectivity index (χ1n) is 12.3. The van der Waals surface area contributed by atoms with Gasteiger partial charge in [0.2, 0.25) is 0 Å². The molecular formula is C28H36F2O2. The van der Waals surface area contributed by atoms with Gasteiger partial charge in [-0.05, 0) is 54.9 Å². The molecule has 0 radical (unpaired) electrons.